The topological polar surface area (TPSA) is 86.5 Å². The van der Waals surface area contributed by atoms with Crippen molar-refractivity contribution in [2.75, 3.05) is 19.1 Å². The number of rotatable bonds is 4. The average Bonchev–Trinajstić information content (AvgIpc) is 2.46. The van der Waals surface area contributed by atoms with Crippen molar-refractivity contribution in [1.82, 2.24) is 4.98 Å². The molecule has 0 aliphatic carbocycles. The Labute approximate surface area is 138 Å². The Morgan fingerprint density at radius 2 is 2.14 bits per heavy atom. The molecule has 2 rings (SSSR count). The van der Waals surface area contributed by atoms with Gasteiger partial charge in [-0.1, -0.05) is 0 Å². The van der Waals surface area contributed by atoms with Crippen molar-refractivity contribution >= 4 is 54.4 Å². The van der Waals surface area contributed by atoms with Crippen LogP contribution in [0.4, 0.5) is 5.69 Å². The third-order valence-electron chi connectivity index (χ3n) is 2.85. The van der Waals surface area contributed by atoms with Crippen molar-refractivity contribution in [3.8, 4) is 5.75 Å². The van der Waals surface area contributed by atoms with Crippen LogP contribution >= 0.6 is 31.9 Å². The lowest BCUT2D eigenvalue weighted by atomic mass is 10.1. The molecule has 0 aliphatic heterocycles. The first-order valence-corrected chi connectivity index (χ1v) is 7.62. The van der Waals surface area contributed by atoms with E-state index in [0.717, 1.165) is 4.47 Å². The summed E-state index contributed by atoms with van der Waals surface area (Å²) in [4.78, 5) is 16.3. The normalized spacial score (nSPS) is 10.5. The Hall–Kier alpha value is -1.38. The number of benzene rings is 1. The summed E-state index contributed by atoms with van der Waals surface area (Å²) in [6.07, 6.45) is 1.42. The zero-order valence-corrected chi connectivity index (χ0v) is 14.5. The van der Waals surface area contributed by atoms with Crippen molar-refractivity contribution in [2.24, 2.45) is 5.84 Å². The van der Waals surface area contributed by atoms with Crippen LogP contribution in [0.25, 0.3) is 10.9 Å². The number of esters is 1. The molecule has 0 atom stereocenters. The smallest absolute Gasteiger partial charge is 0.341 e. The standard InChI is InChI=1S/C13H13Br2N3O3/c1-3-21-13(19)6-5-17-11-7(14)4-8(15)12(20-2)9(11)10(6)18-16/h4-5H,3,16H2,1-2H3,(H,17,18). The van der Waals surface area contributed by atoms with Gasteiger partial charge >= 0.3 is 5.97 Å². The minimum absolute atomic E-state index is 0.246. The van der Waals surface area contributed by atoms with E-state index in [-0.39, 0.29) is 12.2 Å². The summed E-state index contributed by atoms with van der Waals surface area (Å²) in [5, 5.41) is 0.590. The predicted octanol–water partition coefficient (Wildman–Crippen LogP) is 3.23. The Bertz CT molecular complexity index is 707. The van der Waals surface area contributed by atoms with Gasteiger partial charge in [-0.05, 0) is 44.8 Å². The highest BCUT2D eigenvalue weighted by molar-refractivity contribution is 9.11. The molecule has 0 bridgehead atoms. The minimum atomic E-state index is -0.502. The SMILES string of the molecule is CCOC(=O)c1cnc2c(Br)cc(Br)c(OC)c2c1NN. The number of hydrazine groups is 1. The van der Waals surface area contributed by atoms with Crippen LogP contribution in [0.1, 0.15) is 17.3 Å². The Morgan fingerprint density at radius 1 is 1.43 bits per heavy atom. The fourth-order valence-electron chi connectivity index (χ4n) is 1.99. The summed E-state index contributed by atoms with van der Waals surface area (Å²) in [6, 6.07) is 1.82. The molecular formula is C13H13Br2N3O3. The van der Waals surface area contributed by atoms with Crippen molar-refractivity contribution < 1.29 is 14.3 Å². The van der Waals surface area contributed by atoms with Crippen LogP contribution in [0, 0.1) is 0 Å². The van der Waals surface area contributed by atoms with Gasteiger partial charge in [0.05, 0.1) is 34.8 Å². The molecule has 0 saturated carbocycles. The summed E-state index contributed by atoms with van der Waals surface area (Å²) in [5.41, 5.74) is 3.81. The Kier molecular flexibility index (Phi) is 5.02. The van der Waals surface area contributed by atoms with E-state index in [0.29, 0.717) is 26.8 Å². The zero-order valence-electron chi connectivity index (χ0n) is 11.4. The summed E-state index contributed by atoms with van der Waals surface area (Å²) >= 11 is 6.85. The molecule has 1 aromatic heterocycles. The largest absolute Gasteiger partial charge is 0.495 e. The van der Waals surface area contributed by atoms with Gasteiger partial charge in [0.1, 0.15) is 11.3 Å². The second-order valence-corrected chi connectivity index (χ2v) is 5.72. The molecular weight excluding hydrogens is 406 g/mol. The van der Waals surface area contributed by atoms with Crippen LogP contribution in [0.3, 0.4) is 0 Å². The number of nitrogen functional groups attached to an aromatic ring is 1. The molecule has 0 spiro atoms. The first-order valence-electron chi connectivity index (χ1n) is 6.03. The third-order valence-corrected chi connectivity index (χ3v) is 4.04. The van der Waals surface area contributed by atoms with E-state index in [1.807, 2.05) is 6.07 Å². The number of methoxy groups -OCH3 is 1. The molecule has 0 saturated heterocycles. The van der Waals surface area contributed by atoms with Crippen LogP contribution < -0.4 is 16.0 Å². The van der Waals surface area contributed by atoms with Gasteiger partial charge in [-0.25, -0.2) is 4.79 Å². The van der Waals surface area contributed by atoms with Crippen LogP contribution in [-0.2, 0) is 4.74 Å². The van der Waals surface area contributed by atoms with Crippen LogP contribution in [-0.4, -0.2) is 24.7 Å². The van der Waals surface area contributed by atoms with Gasteiger partial charge in [-0.15, -0.1) is 0 Å². The van der Waals surface area contributed by atoms with E-state index in [4.69, 9.17) is 15.3 Å². The number of aromatic nitrogens is 1. The van der Waals surface area contributed by atoms with E-state index < -0.39 is 5.97 Å². The Balaban J connectivity index is 2.85. The molecule has 2 aromatic rings. The monoisotopic (exact) mass is 417 g/mol. The van der Waals surface area contributed by atoms with Gasteiger partial charge in [0, 0.05) is 10.7 Å². The van der Waals surface area contributed by atoms with E-state index in [1.165, 1.54) is 13.3 Å². The Morgan fingerprint density at radius 3 is 2.71 bits per heavy atom. The van der Waals surface area contributed by atoms with Crippen molar-refractivity contribution in [2.45, 2.75) is 6.92 Å². The molecule has 0 fully saturated rings. The molecule has 21 heavy (non-hydrogen) atoms. The average molecular weight is 419 g/mol. The van der Waals surface area contributed by atoms with Crippen LogP contribution in [0.2, 0.25) is 0 Å². The van der Waals surface area contributed by atoms with E-state index in [9.17, 15) is 4.79 Å². The lowest BCUT2D eigenvalue weighted by Crippen LogP contribution is -2.15. The second-order valence-electron chi connectivity index (χ2n) is 4.01. The summed E-state index contributed by atoms with van der Waals surface area (Å²) in [5.74, 6) is 5.63. The fraction of sp³-hybridized carbons (Fsp3) is 0.231. The molecule has 8 heteroatoms. The maximum absolute atomic E-state index is 12.0. The number of carbonyl (C=O) groups is 1. The molecule has 1 heterocycles. The van der Waals surface area contributed by atoms with E-state index >= 15 is 0 Å². The number of nitrogens with two attached hydrogens (primary N) is 1. The molecule has 0 amide bonds. The van der Waals surface area contributed by atoms with E-state index in [2.05, 4.69) is 42.3 Å². The number of hydrogen-bond donors (Lipinski definition) is 2. The first-order chi connectivity index (χ1) is 10.0. The van der Waals surface area contributed by atoms with Gasteiger partial charge in [-0.2, -0.15) is 0 Å². The number of nitrogens with one attached hydrogen (secondary N) is 1. The molecule has 112 valence electrons. The van der Waals surface area contributed by atoms with Crippen LogP contribution in [0.5, 0.6) is 5.75 Å². The summed E-state index contributed by atoms with van der Waals surface area (Å²) in [7, 11) is 1.53. The number of halogens is 2. The van der Waals surface area contributed by atoms with Gasteiger partial charge in [0.25, 0.3) is 0 Å². The second kappa shape index (κ2) is 6.59. The number of fused-ring (bicyclic) bond motifs is 1. The fourth-order valence-corrected chi connectivity index (χ4v) is 3.42. The molecule has 3 N–H and O–H groups in total. The number of pyridine rings is 1. The lowest BCUT2D eigenvalue weighted by molar-refractivity contribution is 0.0527. The first kappa shape index (κ1) is 16.0. The molecule has 6 nitrogen and oxygen atoms in total. The maximum atomic E-state index is 12.0. The van der Waals surface area contributed by atoms with Gasteiger partial charge in [-0.3, -0.25) is 10.8 Å². The van der Waals surface area contributed by atoms with Gasteiger partial charge < -0.3 is 14.9 Å². The molecule has 0 unspecified atom stereocenters. The molecule has 0 aliphatic rings. The zero-order chi connectivity index (χ0) is 15.6. The summed E-state index contributed by atoms with van der Waals surface area (Å²) < 4.78 is 11.9. The lowest BCUT2D eigenvalue weighted by Gasteiger charge is -2.15. The van der Waals surface area contributed by atoms with Crippen molar-refractivity contribution in [3.05, 3.63) is 26.8 Å². The quantitative estimate of drug-likeness (QED) is 0.450. The molecule has 0 radical (unpaired) electrons. The number of carbonyl (C=O) groups excluding carboxylic acids is 1. The highest BCUT2D eigenvalue weighted by Gasteiger charge is 2.21. The summed E-state index contributed by atoms with van der Waals surface area (Å²) in [6.45, 7) is 2.00. The van der Waals surface area contributed by atoms with E-state index in [1.54, 1.807) is 6.92 Å². The predicted molar refractivity (Wildman–Crippen MR) is 87.5 cm³/mol. The van der Waals surface area contributed by atoms with Crippen molar-refractivity contribution in [3.63, 3.8) is 0 Å². The molecule has 1 aromatic carbocycles. The number of hydrogen-bond acceptors (Lipinski definition) is 6. The van der Waals surface area contributed by atoms with Crippen LogP contribution in [0.15, 0.2) is 21.2 Å². The highest BCUT2D eigenvalue weighted by atomic mass is 79.9. The number of ether oxygens (including phenoxy) is 2. The highest BCUT2D eigenvalue weighted by Crippen LogP contribution is 2.42. The third kappa shape index (κ3) is 2.83. The van der Waals surface area contributed by atoms with Crippen molar-refractivity contribution in [1.29, 1.82) is 0 Å². The number of anilines is 1. The minimum Gasteiger partial charge on any atom is -0.495 e. The van der Waals surface area contributed by atoms with Gasteiger partial charge in [0.2, 0.25) is 0 Å². The maximum Gasteiger partial charge on any atom is 0.341 e. The van der Waals surface area contributed by atoms with Gasteiger partial charge in [0.15, 0.2) is 0 Å². The number of nitrogens with zero attached hydrogens (tertiary/aromatic N) is 1.